The van der Waals surface area contributed by atoms with Gasteiger partial charge in [-0.1, -0.05) is 33.1 Å². The Balaban J connectivity index is 1.31. The number of hydrogen-bond donors (Lipinski definition) is 1. The van der Waals surface area contributed by atoms with Crippen LogP contribution in [0.3, 0.4) is 0 Å². The summed E-state index contributed by atoms with van der Waals surface area (Å²) in [6.07, 6.45) is 12.0. The summed E-state index contributed by atoms with van der Waals surface area (Å²) in [5, 5.41) is 10.8. The molecule has 7 atom stereocenters. The van der Waals surface area contributed by atoms with E-state index in [1.807, 2.05) is 11.8 Å². The number of fused-ring (bicyclic) bond motifs is 1. The molecule has 0 aromatic heterocycles. The number of carbonyl (C=O) groups is 2. The minimum atomic E-state index is -0.495. The van der Waals surface area contributed by atoms with Crippen molar-refractivity contribution in [3.63, 3.8) is 0 Å². The number of ketones is 1. The highest BCUT2D eigenvalue weighted by molar-refractivity contribution is 5.84. The summed E-state index contributed by atoms with van der Waals surface area (Å²) in [6, 6.07) is 0. The number of hydrogen-bond acceptors (Lipinski definition) is 4. The topological polar surface area (TPSA) is 60.9 Å². The van der Waals surface area contributed by atoms with Gasteiger partial charge in [-0.05, 0) is 81.0 Å². The normalized spacial score (nSPS) is 42.2. The quantitative estimate of drug-likeness (QED) is 0.633. The highest BCUT2D eigenvalue weighted by Crippen LogP contribution is 2.59. The maximum absolute atomic E-state index is 13.5. The van der Waals surface area contributed by atoms with Gasteiger partial charge in [0.15, 0.2) is 0 Å². The van der Waals surface area contributed by atoms with Gasteiger partial charge in [0.1, 0.15) is 5.78 Å². The average Bonchev–Trinajstić information content (AvgIpc) is 3.12. The van der Waals surface area contributed by atoms with Crippen LogP contribution in [-0.2, 0) is 9.59 Å². The van der Waals surface area contributed by atoms with Gasteiger partial charge in [0, 0.05) is 39.0 Å². The molecular formula is C28H48N2O3. The first kappa shape index (κ1) is 25.2. The molecule has 1 saturated heterocycles. The van der Waals surface area contributed by atoms with Gasteiger partial charge in [-0.15, -0.1) is 0 Å². The summed E-state index contributed by atoms with van der Waals surface area (Å²) in [5.41, 5.74) is -0.321. The summed E-state index contributed by atoms with van der Waals surface area (Å²) in [4.78, 5) is 29.2. The minimum Gasteiger partial charge on any atom is -0.390 e. The zero-order valence-electron chi connectivity index (χ0n) is 21.7. The second-order valence-electron chi connectivity index (χ2n) is 12.6. The molecule has 5 nitrogen and oxygen atoms in total. The van der Waals surface area contributed by atoms with Gasteiger partial charge in [-0.2, -0.15) is 0 Å². The van der Waals surface area contributed by atoms with Crippen LogP contribution in [0.25, 0.3) is 0 Å². The van der Waals surface area contributed by atoms with E-state index in [0.717, 1.165) is 51.4 Å². The van der Waals surface area contributed by atoms with Crippen LogP contribution in [-0.4, -0.2) is 64.9 Å². The van der Waals surface area contributed by atoms with Crippen molar-refractivity contribution < 1.29 is 14.7 Å². The van der Waals surface area contributed by atoms with E-state index in [9.17, 15) is 14.7 Å². The summed E-state index contributed by atoms with van der Waals surface area (Å²) in [6.45, 7) is 12.0. The second kappa shape index (κ2) is 9.97. The fourth-order valence-electron chi connectivity index (χ4n) is 8.15. The number of piperazine rings is 1. The number of rotatable bonds is 6. The molecule has 0 bridgehead atoms. The molecule has 33 heavy (non-hydrogen) atoms. The highest BCUT2D eigenvalue weighted by atomic mass is 16.3. The monoisotopic (exact) mass is 460 g/mol. The molecule has 188 valence electrons. The third-order valence-corrected chi connectivity index (χ3v) is 10.6. The predicted octanol–water partition coefficient (Wildman–Crippen LogP) is 4.52. The van der Waals surface area contributed by atoms with Crippen LogP contribution in [0.1, 0.15) is 91.9 Å². The molecule has 0 aromatic carbocycles. The maximum Gasteiger partial charge on any atom is 0.219 e. The molecule has 4 aliphatic rings. The van der Waals surface area contributed by atoms with Gasteiger partial charge in [-0.25, -0.2) is 0 Å². The number of carbonyl (C=O) groups excluding carboxylic acids is 2. The van der Waals surface area contributed by atoms with E-state index in [4.69, 9.17) is 0 Å². The van der Waals surface area contributed by atoms with Gasteiger partial charge >= 0.3 is 0 Å². The van der Waals surface area contributed by atoms with Crippen molar-refractivity contribution in [1.82, 2.24) is 9.80 Å². The number of amides is 1. The molecule has 0 spiro atoms. The Morgan fingerprint density at radius 1 is 0.970 bits per heavy atom. The van der Waals surface area contributed by atoms with Gasteiger partial charge in [0.2, 0.25) is 5.91 Å². The van der Waals surface area contributed by atoms with Crippen molar-refractivity contribution in [2.75, 3.05) is 32.7 Å². The zero-order chi connectivity index (χ0) is 23.8. The van der Waals surface area contributed by atoms with Crippen molar-refractivity contribution >= 4 is 11.7 Å². The van der Waals surface area contributed by atoms with Crippen LogP contribution in [0.2, 0.25) is 0 Å². The van der Waals surface area contributed by atoms with E-state index in [1.54, 1.807) is 6.92 Å². The molecule has 1 aliphatic heterocycles. The van der Waals surface area contributed by atoms with Crippen molar-refractivity contribution in [2.45, 2.75) is 97.5 Å². The third kappa shape index (κ3) is 5.34. The van der Waals surface area contributed by atoms with Gasteiger partial charge in [-0.3, -0.25) is 14.5 Å². The Hall–Kier alpha value is -0.940. The summed E-state index contributed by atoms with van der Waals surface area (Å²) >= 11 is 0. The van der Waals surface area contributed by atoms with E-state index in [-0.39, 0.29) is 17.2 Å². The first-order chi connectivity index (χ1) is 15.6. The SMILES string of the molecule is CC(=O)N1CCN(CC(=O)C2CCC3C(CCC4CCC(C)C(C)(O)C4)CCCC23C)CC1. The molecule has 4 fully saturated rings. The molecule has 3 saturated carbocycles. The lowest BCUT2D eigenvalue weighted by molar-refractivity contribution is -0.132. The van der Waals surface area contributed by atoms with Crippen molar-refractivity contribution in [2.24, 2.45) is 35.0 Å². The number of nitrogens with zero attached hydrogens (tertiary/aromatic N) is 2. The van der Waals surface area contributed by atoms with E-state index >= 15 is 0 Å². The fraction of sp³-hybridized carbons (Fsp3) is 0.929. The van der Waals surface area contributed by atoms with E-state index in [2.05, 4.69) is 18.7 Å². The van der Waals surface area contributed by atoms with Crippen LogP contribution in [0.5, 0.6) is 0 Å². The Kier molecular flexibility index (Phi) is 7.60. The minimum absolute atomic E-state index is 0.145. The molecule has 3 aliphatic carbocycles. The van der Waals surface area contributed by atoms with Crippen molar-refractivity contribution in [3.8, 4) is 0 Å². The summed E-state index contributed by atoms with van der Waals surface area (Å²) in [7, 11) is 0. The Labute approximate surface area is 201 Å². The summed E-state index contributed by atoms with van der Waals surface area (Å²) < 4.78 is 0. The molecule has 1 N–H and O–H groups in total. The van der Waals surface area contributed by atoms with Crippen LogP contribution < -0.4 is 0 Å². The standard InChI is InChI=1S/C28H48N2O3/c1-20-7-8-22(18-28(20,4)33)9-10-23-6-5-13-27(3)24(23)11-12-25(27)26(32)19-29-14-16-30(17-15-29)21(2)31/h20,22-25,33H,5-19H2,1-4H3. The molecule has 7 unspecified atom stereocenters. The molecule has 0 aromatic rings. The zero-order valence-corrected chi connectivity index (χ0v) is 21.7. The fourth-order valence-corrected chi connectivity index (χ4v) is 8.15. The maximum atomic E-state index is 13.5. The molecule has 4 rings (SSSR count). The molecule has 1 heterocycles. The van der Waals surface area contributed by atoms with Crippen molar-refractivity contribution in [1.29, 1.82) is 0 Å². The molecule has 0 radical (unpaired) electrons. The lowest BCUT2D eigenvalue weighted by atomic mass is 9.59. The lowest BCUT2D eigenvalue weighted by Crippen LogP contribution is -2.50. The van der Waals surface area contributed by atoms with Gasteiger partial charge in [0.05, 0.1) is 12.1 Å². The third-order valence-electron chi connectivity index (χ3n) is 10.6. The first-order valence-electron chi connectivity index (χ1n) is 13.8. The van der Waals surface area contributed by atoms with Gasteiger partial charge < -0.3 is 10.0 Å². The van der Waals surface area contributed by atoms with E-state index in [0.29, 0.717) is 30.1 Å². The number of aliphatic hydroxyl groups is 1. The smallest absolute Gasteiger partial charge is 0.219 e. The van der Waals surface area contributed by atoms with Crippen LogP contribution in [0, 0.1) is 35.0 Å². The molecule has 1 amide bonds. The largest absolute Gasteiger partial charge is 0.390 e. The Bertz CT molecular complexity index is 714. The van der Waals surface area contributed by atoms with Crippen LogP contribution >= 0.6 is 0 Å². The molecule has 5 heteroatoms. The predicted molar refractivity (Wildman–Crippen MR) is 132 cm³/mol. The van der Waals surface area contributed by atoms with Crippen LogP contribution in [0.15, 0.2) is 0 Å². The lowest BCUT2D eigenvalue weighted by Gasteiger charge is -2.46. The Morgan fingerprint density at radius 2 is 1.70 bits per heavy atom. The summed E-state index contributed by atoms with van der Waals surface area (Å²) in [5.74, 6) is 3.34. The van der Waals surface area contributed by atoms with E-state index in [1.165, 1.54) is 44.9 Å². The molecular weight excluding hydrogens is 412 g/mol. The number of Topliss-reactive ketones (excluding diaryl/α,β-unsaturated/α-hetero) is 1. The van der Waals surface area contributed by atoms with Gasteiger partial charge in [0.25, 0.3) is 0 Å². The Morgan fingerprint density at radius 3 is 2.36 bits per heavy atom. The van der Waals surface area contributed by atoms with E-state index < -0.39 is 5.60 Å². The first-order valence-corrected chi connectivity index (χ1v) is 13.8. The average molecular weight is 461 g/mol. The van der Waals surface area contributed by atoms with Crippen LogP contribution in [0.4, 0.5) is 0 Å². The van der Waals surface area contributed by atoms with Crippen molar-refractivity contribution in [3.05, 3.63) is 0 Å². The highest BCUT2D eigenvalue weighted by Gasteiger charge is 2.53. The second-order valence-corrected chi connectivity index (χ2v) is 12.6.